The number of anilines is 2. The first-order chi connectivity index (χ1) is 11.1. The number of nitrogens with zero attached hydrogens (tertiary/aromatic N) is 3. The Labute approximate surface area is 133 Å². The van der Waals surface area contributed by atoms with Crippen molar-refractivity contribution in [2.24, 2.45) is 0 Å². The van der Waals surface area contributed by atoms with Crippen molar-refractivity contribution in [3.63, 3.8) is 0 Å². The second-order valence-corrected chi connectivity index (χ2v) is 5.29. The van der Waals surface area contributed by atoms with E-state index in [1.807, 2.05) is 6.92 Å². The SMILES string of the molecule is CC1CNCC(c2nccc(Nc3ccccc3[N+](=O)[O-])n2)O1. The molecule has 23 heavy (non-hydrogen) atoms. The number of ether oxygens (including phenoxy) is 1. The minimum Gasteiger partial charge on any atom is -0.365 e. The fraction of sp³-hybridized carbons (Fsp3) is 0.333. The molecule has 2 heterocycles. The number of aromatic nitrogens is 2. The zero-order valence-electron chi connectivity index (χ0n) is 12.6. The first-order valence-corrected chi connectivity index (χ1v) is 7.33. The van der Waals surface area contributed by atoms with Crippen molar-refractivity contribution in [3.05, 3.63) is 52.5 Å². The van der Waals surface area contributed by atoms with Gasteiger partial charge in [-0.3, -0.25) is 10.1 Å². The lowest BCUT2D eigenvalue weighted by molar-refractivity contribution is -0.383. The van der Waals surface area contributed by atoms with Gasteiger partial charge in [-0.25, -0.2) is 9.97 Å². The molecular formula is C15H17N5O3. The van der Waals surface area contributed by atoms with E-state index in [0.717, 1.165) is 6.54 Å². The lowest BCUT2D eigenvalue weighted by atomic mass is 10.2. The number of nitro groups is 1. The highest BCUT2D eigenvalue weighted by molar-refractivity contribution is 5.67. The molecule has 8 nitrogen and oxygen atoms in total. The number of hydrogen-bond acceptors (Lipinski definition) is 7. The molecule has 2 N–H and O–H groups in total. The second-order valence-electron chi connectivity index (χ2n) is 5.29. The number of morpholine rings is 1. The van der Waals surface area contributed by atoms with Crippen molar-refractivity contribution in [1.82, 2.24) is 15.3 Å². The third kappa shape index (κ3) is 3.61. The van der Waals surface area contributed by atoms with Gasteiger partial charge in [0.15, 0.2) is 5.82 Å². The van der Waals surface area contributed by atoms with Crippen LogP contribution in [0.5, 0.6) is 0 Å². The molecule has 1 aromatic heterocycles. The van der Waals surface area contributed by atoms with Gasteiger partial charge in [0.2, 0.25) is 0 Å². The molecule has 0 bridgehead atoms. The Kier molecular flexibility index (Phi) is 4.45. The maximum atomic E-state index is 11.1. The van der Waals surface area contributed by atoms with Gasteiger partial charge in [-0.2, -0.15) is 0 Å². The van der Waals surface area contributed by atoms with E-state index in [1.54, 1.807) is 30.5 Å². The minimum atomic E-state index is -0.430. The molecule has 0 spiro atoms. The summed E-state index contributed by atoms with van der Waals surface area (Å²) in [5.41, 5.74) is 0.384. The van der Waals surface area contributed by atoms with E-state index in [9.17, 15) is 10.1 Å². The zero-order valence-corrected chi connectivity index (χ0v) is 12.6. The first kappa shape index (κ1) is 15.3. The van der Waals surface area contributed by atoms with Crippen molar-refractivity contribution < 1.29 is 9.66 Å². The third-order valence-electron chi connectivity index (χ3n) is 3.48. The maximum absolute atomic E-state index is 11.1. The summed E-state index contributed by atoms with van der Waals surface area (Å²) in [7, 11) is 0. The molecule has 1 aliphatic rings. The number of nitrogens with one attached hydrogen (secondary N) is 2. The fourth-order valence-electron chi connectivity index (χ4n) is 2.42. The van der Waals surface area contributed by atoms with Crippen LogP contribution in [0.2, 0.25) is 0 Å². The van der Waals surface area contributed by atoms with Gasteiger partial charge in [-0.05, 0) is 19.1 Å². The molecule has 1 fully saturated rings. The van der Waals surface area contributed by atoms with Crippen LogP contribution in [0.1, 0.15) is 18.9 Å². The van der Waals surface area contributed by atoms with Crippen LogP contribution in [0.15, 0.2) is 36.5 Å². The highest BCUT2D eigenvalue weighted by Crippen LogP contribution is 2.27. The quantitative estimate of drug-likeness (QED) is 0.658. The normalized spacial score (nSPS) is 20.9. The molecule has 2 atom stereocenters. The number of rotatable bonds is 4. The molecular weight excluding hydrogens is 298 g/mol. The van der Waals surface area contributed by atoms with Crippen molar-refractivity contribution in [2.45, 2.75) is 19.1 Å². The van der Waals surface area contributed by atoms with Gasteiger partial charge in [0.1, 0.15) is 17.6 Å². The van der Waals surface area contributed by atoms with E-state index in [1.165, 1.54) is 6.07 Å². The van der Waals surface area contributed by atoms with Crippen LogP contribution >= 0.6 is 0 Å². The van der Waals surface area contributed by atoms with E-state index in [0.29, 0.717) is 23.9 Å². The van der Waals surface area contributed by atoms with Crippen molar-refractivity contribution in [2.75, 3.05) is 18.4 Å². The summed E-state index contributed by atoms with van der Waals surface area (Å²) >= 11 is 0. The van der Waals surface area contributed by atoms with E-state index in [-0.39, 0.29) is 17.9 Å². The Bertz CT molecular complexity index is 709. The summed E-state index contributed by atoms with van der Waals surface area (Å²) in [6.07, 6.45) is 1.47. The predicted molar refractivity (Wildman–Crippen MR) is 84.6 cm³/mol. The van der Waals surface area contributed by atoms with Crippen molar-refractivity contribution >= 4 is 17.2 Å². The second kappa shape index (κ2) is 6.67. The minimum absolute atomic E-state index is 0.00290. The Morgan fingerprint density at radius 2 is 2.17 bits per heavy atom. The molecule has 0 aliphatic carbocycles. The molecule has 1 aliphatic heterocycles. The molecule has 3 rings (SSSR count). The molecule has 1 saturated heterocycles. The van der Waals surface area contributed by atoms with Gasteiger partial charge in [0, 0.05) is 25.4 Å². The van der Waals surface area contributed by atoms with Crippen LogP contribution < -0.4 is 10.6 Å². The summed E-state index contributed by atoms with van der Waals surface area (Å²) in [5, 5.41) is 17.3. The topological polar surface area (TPSA) is 102 Å². The summed E-state index contributed by atoms with van der Waals surface area (Å²) in [6, 6.07) is 8.10. The highest BCUT2D eigenvalue weighted by Gasteiger charge is 2.23. The Balaban J connectivity index is 1.82. The Morgan fingerprint density at radius 3 is 2.96 bits per heavy atom. The molecule has 2 unspecified atom stereocenters. The third-order valence-corrected chi connectivity index (χ3v) is 3.48. The van der Waals surface area contributed by atoms with Gasteiger partial charge in [0.25, 0.3) is 5.69 Å². The highest BCUT2D eigenvalue weighted by atomic mass is 16.6. The van der Waals surface area contributed by atoms with E-state index < -0.39 is 4.92 Å². The molecule has 0 saturated carbocycles. The molecule has 1 aromatic carbocycles. The van der Waals surface area contributed by atoms with Crippen LogP contribution in [0.25, 0.3) is 0 Å². The monoisotopic (exact) mass is 315 g/mol. The zero-order chi connectivity index (χ0) is 16.2. The van der Waals surface area contributed by atoms with Gasteiger partial charge in [-0.1, -0.05) is 12.1 Å². The van der Waals surface area contributed by atoms with Crippen LogP contribution in [-0.2, 0) is 4.74 Å². The van der Waals surface area contributed by atoms with Gasteiger partial charge in [-0.15, -0.1) is 0 Å². The summed E-state index contributed by atoms with van der Waals surface area (Å²) in [5.74, 6) is 1.04. The predicted octanol–water partition coefficient (Wildman–Crippen LogP) is 2.18. The van der Waals surface area contributed by atoms with Gasteiger partial charge >= 0.3 is 0 Å². The van der Waals surface area contributed by atoms with Crippen LogP contribution in [-0.4, -0.2) is 34.1 Å². The molecule has 0 radical (unpaired) electrons. The van der Waals surface area contributed by atoms with Crippen molar-refractivity contribution in [1.29, 1.82) is 0 Å². The summed E-state index contributed by atoms with van der Waals surface area (Å²) in [6.45, 7) is 3.42. The molecule has 120 valence electrons. The summed E-state index contributed by atoms with van der Waals surface area (Å²) in [4.78, 5) is 19.3. The van der Waals surface area contributed by atoms with Gasteiger partial charge < -0.3 is 15.4 Å². The number of benzene rings is 1. The average molecular weight is 315 g/mol. The Hall–Kier alpha value is -2.58. The number of para-hydroxylation sites is 2. The van der Waals surface area contributed by atoms with Crippen molar-refractivity contribution in [3.8, 4) is 0 Å². The Morgan fingerprint density at radius 1 is 1.35 bits per heavy atom. The number of nitro benzene ring substituents is 1. The largest absolute Gasteiger partial charge is 0.365 e. The molecule has 0 amide bonds. The van der Waals surface area contributed by atoms with Gasteiger partial charge in [0.05, 0.1) is 11.0 Å². The van der Waals surface area contributed by atoms with E-state index in [2.05, 4.69) is 20.6 Å². The maximum Gasteiger partial charge on any atom is 0.292 e. The molecule has 2 aromatic rings. The summed E-state index contributed by atoms with van der Waals surface area (Å²) < 4.78 is 5.82. The van der Waals surface area contributed by atoms with Crippen LogP contribution in [0.4, 0.5) is 17.2 Å². The van der Waals surface area contributed by atoms with Crippen LogP contribution in [0, 0.1) is 10.1 Å². The fourth-order valence-corrected chi connectivity index (χ4v) is 2.42. The lowest BCUT2D eigenvalue weighted by Gasteiger charge is -2.27. The van der Waals surface area contributed by atoms with E-state index >= 15 is 0 Å². The standard InChI is InChI=1S/C15H17N5O3/c1-10-8-16-9-13(23-10)15-17-7-6-14(19-15)18-11-4-2-3-5-12(11)20(21)22/h2-7,10,13,16H,8-9H2,1H3,(H,17,18,19). The average Bonchev–Trinajstić information content (AvgIpc) is 2.55. The lowest BCUT2D eigenvalue weighted by Crippen LogP contribution is -2.39. The number of hydrogen-bond donors (Lipinski definition) is 2. The first-order valence-electron chi connectivity index (χ1n) is 7.33. The smallest absolute Gasteiger partial charge is 0.292 e. The molecule has 8 heteroatoms. The van der Waals surface area contributed by atoms with Crippen LogP contribution in [0.3, 0.4) is 0 Å². The van der Waals surface area contributed by atoms with E-state index in [4.69, 9.17) is 4.74 Å².